The lowest BCUT2D eigenvalue weighted by molar-refractivity contribution is 0.333. The number of hydrogen-bond acceptors (Lipinski definition) is 1. The smallest absolute Gasteiger partial charge is 0.0543 e. The largest absolute Gasteiger partial charge is 0.309 e. The molecule has 0 aliphatic heterocycles. The molecule has 0 spiro atoms. The van der Waals surface area contributed by atoms with Crippen molar-refractivity contribution in [1.82, 2.24) is 0 Å². The molecule has 0 saturated carbocycles. The molecule has 0 bridgehead atoms. The Balaban J connectivity index is 1.38. The van der Waals surface area contributed by atoms with E-state index in [4.69, 9.17) is 0 Å². The summed E-state index contributed by atoms with van der Waals surface area (Å²) < 4.78 is 0. The van der Waals surface area contributed by atoms with Crippen LogP contribution in [0.2, 0.25) is 0 Å². The molecular weight excluding hydrogens is 651 g/mol. The highest BCUT2D eigenvalue weighted by molar-refractivity contribution is 5.98. The van der Waals surface area contributed by atoms with Gasteiger partial charge in [0.15, 0.2) is 0 Å². The number of benzene rings is 7. The second-order valence-corrected chi connectivity index (χ2v) is 17.2. The van der Waals surface area contributed by atoms with E-state index in [1.54, 1.807) is 0 Å². The standard InChI is InChI=1S/C53H49N/c1-51(2)32-33-52(3,4)50-42(24-17-26-46(50)51)44-34-43-41-23-13-15-25-45(41)53(5,6)47(43)35-49(44)54(39-30-28-37(29-31-39)36-18-9-7-10-19-36)48-27-16-14-22-40(48)38-20-11-8-12-21-38/h7-31,34-35H,32-33H2,1-6H3. The third-order valence-corrected chi connectivity index (χ3v) is 12.5. The summed E-state index contributed by atoms with van der Waals surface area (Å²) in [5.74, 6) is 0. The number of rotatable bonds is 6. The first-order valence-corrected chi connectivity index (χ1v) is 19.6. The fraction of sp³-hybridized carbons (Fsp3) is 0.208. The molecule has 0 amide bonds. The predicted octanol–water partition coefficient (Wildman–Crippen LogP) is 14.8. The fourth-order valence-electron chi connectivity index (χ4n) is 9.46. The van der Waals surface area contributed by atoms with Gasteiger partial charge < -0.3 is 4.90 Å². The van der Waals surface area contributed by atoms with E-state index in [2.05, 4.69) is 210 Å². The van der Waals surface area contributed by atoms with Crippen LogP contribution in [0.15, 0.2) is 164 Å². The lowest BCUT2D eigenvalue weighted by Gasteiger charge is -2.43. The van der Waals surface area contributed by atoms with E-state index in [0.29, 0.717) is 0 Å². The van der Waals surface area contributed by atoms with Crippen LogP contribution in [0.25, 0.3) is 44.5 Å². The molecule has 0 radical (unpaired) electrons. The van der Waals surface area contributed by atoms with Gasteiger partial charge in [-0.3, -0.25) is 0 Å². The van der Waals surface area contributed by atoms with Crippen molar-refractivity contribution in [3.8, 4) is 44.5 Å². The third kappa shape index (κ3) is 5.52. The zero-order valence-corrected chi connectivity index (χ0v) is 32.4. The Kier molecular flexibility index (Phi) is 8.05. The van der Waals surface area contributed by atoms with Crippen molar-refractivity contribution >= 4 is 17.1 Å². The normalized spacial score (nSPS) is 15.9. The van der Waals surface area contributed by atoms with Gasteiger partial charge in [0.2, 0.25) is 0 Å². The maximum Gasteiger partial charge on any atom is 0.0543 e. The summed E-state index contributed by atoms with van der Waals surface area (Å²) in [6.07, 6.45) is 2.33. The van der Waals surface area contributed by atoms with Gasteiger partial charge in [-0.05, 0) is 110 Å². The topological polar surface area (TPSA) is 3.24 Å². The van der Waals surface area contributed by atoms with Crippen LogP contribution < -0.4 is 4.90 Å². The van der Waals surface area contributed by atoms with Crippen LogP contribution in [0.3, 0.4) is 0 Å². The minimum absolute atomic E-state index is 0.0268. The highest BCUT2D eigenvalue weighted by Gasteiger charge is 2.41. The summed E-state index contributed by atoms with van der Waals surface area (Å²) in [5, 5.41) is 0. The minimum atomic E-state index is -0.154. The van der Waals surface area contributed by atoms with E-state index >= 15 is 0 Å². The van der Waals surface area contributed by atoms with E-state index in [0.717, 1.165) is 17.8 Å². The monoisotopic (exact) mass is 699 g/mol. The minimum Gasteiger partial charge on any atom is -0.309 e. The predicted molar refractivity (Wildman–Crippen MR) is 230 cm³/mol. The van der Waals surface area contributed by atoms with Crippen LogP contribution in [0.5, 0.6) is 0 Å². The van der Waals surface area contributed by atoms with Gasteiger partial charge >= 0.3 is 0 Å². The highest BCUT2D eigenvalue weighted by atomic mass is 15.1. The number of fused-ring (bicyclic) bond motifs is 4. The van der Waals surface area contributed by atoms with E-state index in [-0.39, 0.29) is 16.2 Å². The Labute approximate surface area is 322 Å². The zero-order valence-electron chi connectivity index (χ0n) is 32.4. The fourth-order valence-corrected chi connectivity index (χ4v) is 9.46. The van der Waals surface area contributed by atoms with Gasteiger partial charge in [-0.2, -0.15) is 0 Å². The summed E-state index contributed by atoms with van der Waals surface area (Å²) in [6, 6.07) is 60.9. The molecule has 0 unspecified atom stereocenters. The molecule has 0 heterocycles. The van der Waals surface area contributed by atoms with Crippen LogP contribution >= 0.6 is 0 Å². The van der Waals surface area contributed by atoms with Crippen LogP contribution in [0.1, 0.15) is 76.6 Å². The molecule has 2 aliphatic carbocycles. The summed E-state index contributed by atoms with van der Waals surface area (Å²) in [5.41, 5.74) is 19.3. The molecule has 0 saturated heterocycles. The van der Waals surface area contributed by atoms with Crippen molar-refractivity contribution in [3.63, 3.8) is 0 Å². The lowest BCUT2D eigenvalue weighted by atomic mass is 9.61. The Morgan fingerprint density at radius 3 is 1.65 bits per heavy atom. The van der Waals surface area contributed by atoms with Gasteiger partial charge in [0.1, 0.15) is 0 Å². The highest BCUT2D eigenvalue weighted by Crippen LogP contribution is 2.57. The first kappa shape index (κ1) is 34.1. The Hall–Kier alpha value is -5.66. The Morgan fingerprint density at radius 1 is 0.370 bits per heavy atom. The van der Waals surface area contributed by atoms with Crippen LogP contribution in [0, 0.1) is 0 Å². The molecule has 0 fully saturated rings. The van der Waals surface area contributed by atoms with Crippen LogP contribution in [-0.2, 0) is 16.2 Å². The zero-order chi connectivity index (χ0) is 37.2. The maximum absolute atomic E-state index is 2.55. The van der Waals surface area contributed by atoms with Gasteiger partial charge in [0.05, 0.1) is 11.4 Å². The summed E-state index contributed by atoms with van der Waals surface area (Å²) in [6.45, 7) is 14.6. The van der Waals surface area contributed by atoms with E-state index in [1.165, 1.54) is 78.9 Å². The average Bonchev–Trinajstić information content (AvgIpc) is 3.42. The van der Waals surface area contributed by atoms with E-state index in [9.17, 15) is 0 Å². The third-order valence-electron chi connectivity index (χ3n) is 12.5. The molecule has 1 heteroatoms. The van der Waals surface area contributed by atoms with Crippen molar-refractivity contribution < 1.29 is 0 Å². The van der Waals surface area contributed by atoms with Crippen LogP contribution in [-0.4, -0.2) is 0 Å². The molecule has 7 aromatic rings. The first-order valence-electron chi connectivity index (χ1n) is 19.6. The molecule has 7 aromatic carbocycles. The van der Waals surface area contributed by atoms with Gasteiger partial charge in [-0.15, -0.1) is 0 Å². The summed E-state index contributed by atoms with van der Waals surface area (Å²) in [4.78, 5) is 2.55. The molecule has 0 aromatic heterocycles. The van der Waals surface area contributed by atoms with Crippen molar-refractivity contribution in [2.75, 3.05) is 4.90 Å². The van der Waals surface area contributed by atoms with E-state index in [1.807, 2.05) is 0 Å². The van der Waals surface area contributed by atoms with Crippen LogP contribution in [0.4, 0.5) is 17.1 Å². The number of anilines is 3. The molecule has 9 rings (SSSR count). The summed E-state index contributed by atoms with van der Waals surface area (Å²) >= 11 is 0. The quantitative estimate of drug-likeness (QED) is 0.167. The van der Waals surface area contributed by atoms with E-state index < -0.39 is 0 Å². The number of hydrogen-bond donors (Lipinski definition) is 0. The van der Waals surface area contributed by atoms with Gasteiger partial charge in [0.25, 0.3) is 0 Å². The van der Waals surface area contributed by atoms with Crippen molar-refractivity contribution in [3.05, 3.63) is 186 Å². The summed E-state index contributed by atoms with van der Waals surface area (Å²) in [7, 11) is 0. The lowest BCUT2D eigenvalue weighted by Crippen LogP contribution is -2.34. The molecule has 2 aliphatic rings. The second-order valence-electron chi connectivity index (χ2n) is 17.2. The van der Waals surface area contributed by atoms with Crippen molar-refractivity contribution in [1.29, 1.82) is 0 Å². The van der Waals surface area contributed by atoms with Crippen molar-refractivity contribution in [2.24, 2.45) is 0 Å². The van der Waals surface area contributed by atoms with Gasteiger partial charge in [0, 0.05) is 22.2 Å². The molecule has 266 valence electrons. The number of nitrogens with zero attached hydrogens (tertiary/aromatic N) is 1. The van der Waals surface area contributed by atoms with Gasteiger partial charge in [-0.1, -0.05) is 175 Å². The molecular formula is C53H49N. The number of para-hydroxylation sites is 1. The van der Waals surface area contributed by atoms with Crippen molar-refractivity contribution in [2.45, 2.75) is 70.6 Å². The second kappa shape index (κ2) is 12.7. The first-order chi connectivity index (χ1) is 26.0. The molecule has 0 atom stereocenters. The average molecular weight is 700 g/mol. The Bertz CT molecular complexity index is 2500. The Morgan fingerprint density at radius 2 is 0.926 bits per heavy atom. The maximum atomic E-state index is 2.55. The van der Waals surface area contributed by atoms with Gasteiger partial charge in [-0.25, -0.2) is 0 Å². The molecule has 1 nitrogen and oxygen atoms in total. The molecule has 0 N–H and O–H groups in total. The molecule has 54 heavy (non-hydrogen) atoms. The SMILES string of the molecule is CC1(C)CCC(C)(C)c2c(-c3cc4c(cc3N(c3ccc(-c5ccccc5)cc3)c3ccccc3-c3ccccc3)C(C)(C)c3ccccc3-4)cccc21.